The number of carboxylic acid groups (broad SMARTS) is 1. The Morgan fingerprint density at radius 3 is 2.84 bits per heavy atom. The maximum Gasteiger partial charge on any atom is 0.334 e. The lowest BCUT2D eigenvalue weighted by Gasteiger charge is -2.31. The number of morpholine rings is 1. The van der Waals surface area contributed by atoms with Crippen molar-refractivity contribution in [1.82, 2.24) is 4.90 Å². The van der Waals surface area contributed by atoms with Gasteiger partial charge in [-0.1, -0.05) is 18.2 Å². The lowest BCUT2D eigenvalue weighted by molar-refractivity contribution is -0.159. The number of carbonyl (C=O) groups excluding carboxylic acids is 1. The summed E-state index contributed by atoms with van der Waals surface area (Å²) in [5, 5.41) is 8.91. The molecule has 1 N–H and O–H groups in total. The number of ether oxygens (including phenoxy) is 1. The van der Waals surface area contributed by atoms with Crippen LogP contribution in [-0.4, -0.2) is 47.7 Å². The number of rotatable bonds is 3. The molecule has 1 aromatic carbocycles. The van der Waals surface area contributed by atoms with Gasteiger partial charge in [-0.25, -0.2) is 4.79 Å². The minimum absolute atomic E-state index is 0.0568. The predicted octanol–water partition coefficient (Wildman–Crippen LogP) is 1.15. The number of hydrogen-bond acceptors (Lipinski definition) is 3. The molecular weight excluding hydrogens is 361 g/mol. The van der Waals surface area contributed by atoms with E-state index in [0.717, 1.165) is 9.13 Å². The van der Waals surface area contributed by atoms with E-state index >= 15 is 0 Å². The van der Waals surface area contributed by atoms with Crippen LogP contribution in [0.3, 0.4) is 0 Å². The summed E-state index contributed by atoms with van der Waals surface area (Å²) < 4.78 is 6.14. The quantitative estimate of drug-likeness (QED) is 0.805. The third-order valence-corrected chi connectivity index (χ3v) is 4.05. The van der Waals surface area contributed by atoms with Gasteiger partial charge in [0.05, 0.1) is 19.6 Å². The highest BCUT2D eigenvalue weighted by molar-refractivity contribution is 14.1. The van der Waals surface area contributed by atoms with Gasteiger partial charge in [-0.15, -0.1) is 0 Å². The molecule has 102 valence electrons. The summed E-state index contributed by atoms with van der Waals surface area (Å²) in [6.45, 7) is 0.845. The fraction of sp³-hybridized carbons (Fsp3) is 0.385. The number of aliphatic carboxylic acids is 1. The Bertz CT molecular complexity index is 491. The third kappa shape index (κ3) is 3.66. The average molecular weight is 375 g/mol. The lowest BCUT2D eigenvalue weighted by Crippen LogP contribution is -2.49. The second-order valence-electron chi connectivity index (χ2n) is 4.31. The molecule has 6 heteroatoms. The SMILES string of the molecule is O=C(O)C1CN(C(=O)Cc2ccccc2I)CCO1. The Hall–Kier alpha value is -1.15. The zero-order chi connectivity index (χ0) is 13.8. The molecule has 1 aliphatic heterocycles. The number of amides is 1. The van der Waals surface area contributed by atoms with Crippen molar-refractivity contribution in [3.63, 3.8) is 0 Å². The highest BCUT2D eigenvalue weighted by Gasteiger charge is 2.28. The van der Waals surface area contributed by atoms with Crippen molar-refractivity contribution in [2.24, 2.45) is 0 Å². The summed E-state index contributed by atoms with van der Waals surface area (Å²) in [6.07, 6.45) is -0.613. The third-order valence-electron chi connectivity index (χ3n) is 2.99. The van der Waals surface area contributed by atoms with Crippen LogP contribution in [0.15, 0.2) is 24.3 Å². The van der Waals surface area contributed by atoms with E-state index in [1.54, 1.807) is 4.90 Å². The van der Waals surface area contributed by atoms with Crippen molar-refractivity contribution < 1.29 is 19.4 Å². The Morgan fingerprint density at radius 1 is 1.42 bits per heavy atom. The summed E-state index contributed by atoms with van der Waals surface area (Å²) >= 11 is 2.19. The lowest BCUT2D eigenvalue weighted by atomic mass is 10.1. The van der Waals surface area contributed by atoms with Crippen LogP contribution < -0.4 is 0 Å². The summed E-state index contributed by atoms with van der Waals surface area (Å²) in [5.41, 5.74) is 0.964. The summed E-state index contributed by atoms with van der Waals surface area (Å²) in [5.74, 6) is -1.08. The number of hydrogen-bond donors (Lipinski definition) is 1. The van der Waals surface area contributed by atoms with Crippen molar-refractivity contribution in [2.45, 2.75) is 12.5 Å². The van der Waals surface area contributed by atoms with Crippen LogP contribution in [0.4, 0.5) is 0 Å². The predicted molar refractivity (Wildman–Crippen MR) is 76.8 cm³/mol. The zero-order valence-electron chi connectivity index (χ0n) is 10.2. The number of benzene rings is 1. The monoisotopic (exact) mass is 375 g/mol. The summed E-state index contributed by atoms with van der Waals surface area (Å²) in [4.78, 5) is 24.6. The molecule has 0 aromatic heterocycles. The molecule has 1 unspecified atom stereocenters. The van der Waals surface area contributed by atoms with Crippen LogP contribution in [0.2, 0.25) is 0 Å². The van der Waals surface area contributed by atoms with Gasteiger partial charge in [0.25, 0.3) is 0 Å². The number of carbonyl (C=O) groups is 2. The first-order valence-corrected chi connectivity index (χ1v) is 7.01. The molecule has 1 saturated heterocycles. The molecule has 0 spiro atoms. The molecule has 1 heterocycles. The minimum atomic E-state index is -1.02. The second kappa shape index (κ2) is 6.33. The molecule has 0 saturated carbocycles. The minimum Gasteiger partial charge on any atom is -0.479 e. The van der Waals surface area contributed by atoms with Crippen LogP contribution in [-0.2, 0) is 20.7 Å². The van der Waals surface area contributed by atoms with Crippen LogP contribution in [0, 0.1) is 3.57 Å². The van der Waals surface area contributed by atoms with Gasteiger partial charge in [-0.2, -0.15) is 0 Å². The molecule has 1 atom stereocenters. The highest BCUT2D eigenvalue weighted by Crippen LogP contribution is 2.14. The van der Waals surface area contributed by atoms with Crippen molar-refractivity contribution in [3.05, 3.63) is 33.4 Å². The molecule has 0 radical (unpaired) electrons. The van der Waals surface area contributed by atoms with Crippen LogP contribution in [0.25, 0.3) is 0 Å². The van der Waals surface area contributed by atoms with Gasteiger partial charge in [0, 0.05) is 10.1 Å². The van der Waals surface area contributed by atoms with Crippen LogP contribution in [0.1, 0.15) is 5.56 Å². The van der Waals surface area contributed by atoms with E-state index in [1.807, 2.05) is 24.3 Å². The Balaban J connectivity index is 2.00. The molecule has 1 aromatic rings. The van der Waals surface area contributed by atoms with Gasteiger partial charge < -0.3 is 14.7 Å². The molecule has 0 bridgehead atoms. The Kier molecular flexibility index (Phi) is 4.76. The van der Waals surface area contributed by atoms with Gasteiger partial charge in [0.1, 0.15) is 0 Å². The van der Waals surface area contributed by atoms with Crippen molar-refractivity contribution in [1.29, 1.82) is 0 Å². The van der Waals surface area contributed by atoms with Gasteiger partial charge >= 0.3 is 5.97 Å². The van der Waals surface area contributed by atoms with Gasteiger partial charge in [0.2, 0.25) is 5.91 Å². The van der Waals surface area contributed by atoms with Crippen molar-refractivity contribution in [3.8, 4) is 0 Å². The number of carboxylic acids is 1. The normalized spacial score (nSPS) is 19.2. The largest absolute Gasteiger partial charge is 0.479 e. The Morgan fingerprint density at radius 2 is 2.16 bits per heavy atom. The van der Waals surface area contributed by atoms with E-state index in [9.17, 15) is 9.59 Å². The molecule has 1 fully saturated rings. The topological polar surface area (TPSA) is 66.8 Å². The van der Waals surface area contributed by atoms with Crippen molar-refractivity contribution >= 4 is 34.5 Å². The van der Waals surface area contributed by atoms with E-state index in [-0.39, 0.29) is 19.1 Å². The zero-order valence-corrected chi connectivity index (χ0v) is 12.4. The molecule has 1 aliphatic rings. The number of halogens is 1. The summed E-state index contributed by atoms with van der Waals surface area (Å²) in [6, 6.07) is 7.67. The molecule has 1 amide bonds. The van der Waals surface area contributed by atoms with E-state index in [4.69, 9.17) is 9.84 Å². The first-order chi connectivity index (χ1) is 9.08. The Labute approximate surface area is 124 Å². The molecule has 5 nitrogen and oxygen atoms in total. The van der Waals surface area contributed by atoms with Crippen molar-refractivity contribution in [2.75, 3.05) is 19.7 Å². The fourth-order valence-corrected chi connectivity index (χ4v) is 2.52. The van der Waals surface area contributed by atoms with Crippen LogP contribution >= 0.6 is 22.6 Å². The molecule has 19 heavy (non-hydrogen) atoms. The van der Waals surface area contributed by atoms with E-state index < -0.39 is 12.1 Å². The van der Waals surface area contributed by atoms with E-state index in [0.29, 0.717) is 13.0 Å². The smallest absolute Gasteiger partial charge is 0.334 e. The standard InChI is InChI=1S/C13H14INO4/c14-10-4-2-1-3-9(10)7-12(16)15-5-6-19-11(8-15)13(17)18/h1-4,11H,5-8H2,(H,17,18). The van der Waals surface area contributed by atoms with E-state index in [1.165, 1.54) is 0 Å². The first-order valence-electron chi connectivity index (χ1n) is 5.93. The maximum absolute atomic E-state index is 12.2. The highest BCUT2D eigenvalue weighted by atomic mass is 127. The number of nitrogens with zero attached hydrogens (tertiary/aromatic N) is 1. The first kappa shape index (κ1) is 14.3. The second-order valence-corrected chi connectivity index (χ2v) is 5.47. The molecular formula is C13H14INO4. The van der Waals surface area contributed by atoms with Crippen LogP contribution in [0.5, 0.6) is 0 Å². The average Bonchev–Trinajstić information content (AvgIpc) is 2.41. The van der Waals surface area contributed by atoms with Gasteiger partial charge in [0.15, 0.2) is 6.10 Å². The van der Waals surface area contributed by atoms with E-state index in [2.05, 4.69) is 22.6 Å². The maximum atomic E-state index is 12.2. The molecule has 0 aliphatic carbocycles. The fourth-order valence-electron chi connectivity index (χ4n) is 1.94. The summed E-state index contributed by atoms with van der Waals surface area (Å²) in [7, 11) is 0. The van der Waals surface area contributed by atoms with Gasteiger partial charge in [-0.05, 0) is 34.2 Å². The molecule has 2 rings (SSSR count). The van der Waals surface area contributed by atoms with Gasteiger partial charge in [-0.3, -0.25) is 4.79 Å².